The zero-order valence-electron chi connectivity index (χ0n) is 12.4. The van der Waals surface area contributed by atoms with E-state index in [1.165, 1.54) is 6.07 Å². The van der Waals surface area contributed by atoms with Gasteiger partial charge in [0.1, 0.15) is 17.1 Å². The van der Waals surface area contributed by atoms with Gasteiger partial charge in [-0.2, -0.15) is 0 Å². The van der Waals surface area contributed by atoms with Crippen molar-refractivity contribution in [1.29, 1.82) is 0 Å². The number of aryl methyl sites for hydroxylation is 1. The third kappa shape index (κ3) is 2.66. The molecule has 1 atom stereocenters. The number of hydrogen-bond donors (Lipinski definition) is 3. The van der Waals surface area contributed by atoms with E-state index in [2.05, 4.69) is 10.3 Å². The van der Waals surface area contributed by atoms with Crippen LogP contribution in [0.2, 0.25) is 0 Å². The smallest absolute Gasteiger partial charge is 0.344 e. The summed E-state index contributed by atoms with van der Waals surface area (Å²) in [6, 6.07) is 2.56. The number of benzene rings is 1. The number of carbonyl (C=O) groups excluding carboxylic acids is 1. The summed E-state index contributed by atoms with van der Waals surface area (Å²) in [6.07, 6.45) is 1.19. The fourth-order valence-electron chi connectivity index (χ4n) is 2.84. The van der Waals surface area contributed by atoms with E-state index in [1.54, 1.807) is 6.92 Å². The van der Waals surface area contributed by atoms with Gasteiger partial charge in [0.15, 0.2) is 12.2 Å². The Balaban J connectivity index is 1.79. The van der Waals surface area contributed by atoms with Crippen molar-refractivity contribution in [3.05, 3.63) is 23.3 Å². The van der Waals surface area contributed by atoms with Gasteiger partial charge in [0.2, 0.25) is 0 Å². The highest BCUT2D eigenvalue weighted by molar-refractivity contribution is 5.94. The highest BCUT2D eigenvalue weighted by Gasteiger charge is 2.31. The van der Waals surface area contributed by atoms with Gasteiger partial charge < -0.3 is 25.2 Å². The number of phenols is 2. The molecule has 3 rings (SSSR count). The summed E-state index contributed by atoms with van der Waals surface area (Å²) in [7, 11) is 0. The van der Waals surface area contributed by atoms with Crippen molar-refractivity contribution in [2.24, 2.45) is 4.99 Å². The standard InChI is InChI=1S/C15H19N3O4/c1-9-7-10(19)8-11(20)13(9)14(21)22-12-3-5-17-15-16-4-2-6-18(12)15/h7-8,12,19-20H,2-6H2,1H3,(H,16,17). The van der Waals surface area contributed by atoms with Gasteiger partial charge in [0.25, 0.3) is 0 Å². The van der Waals surface area contributed by atoms with Gasteiger partial charge in [-0.1, -0.05) is 0 Å². The van der Waals surface area contributed by atoms with Crippen LogP contribution in [0.4, 0.5) is 0 Å². The molecule has 2 aliphatic rings. The molecule has 1 aromatic rings. The number of carbonyl (C=O) groups is 1. The highest BCUT2D eigenvalue weighted by Crippen LogP contribution is 2.28. The van der Waals surface area contributed by atoms with Gasteiger partial charge >= 0.3 is 5.97 Å². The van der Waals surface area contributed by atoms with Crippen LogP contribution in [-0.4, -0.2) is 52.9 Å². The molecule has 0 aromatic heterocycles. The number of aromatic hydroxyl groups is 2. The van der Waals surface area contributed by atoms with Crippen molar-refractivity contribution >= 4 is 11.9 Å². The second kappa shape index (κ2) is 5.75. The molecule has 2 aliphatic heterocycles. The molecule has 3 N–H and O–H groups in total. The van der Waals surface area contributed by atoms with Crippen LogP contribution < -0.4 is 5.32 Å². The molecule has 22 heavy (non-hydrogen) atoms. The summed E-state index contributed by atoms with van der Waals surface area (Å²) < 4.78 is 5.57. The molecule has 1 unspecified atom stereocenters. The van der Waals surface area contributed by atoms with Crippen LogP contribution in [0, 0.1) is 6.92 Å². The monoisotopic (exact) mass is 305 g/mol. The van der Waals surface area contributed by atoms with Crippen LogP contribution in [0.5, 0.6) is 11.5 Å². The van der Waals surface area contributed by atoms with E-state index in [4.69, 9.17) is 4.74 Å². The van der Waals surface area contributed by atoms with Gasteiger partial charge in [0, 0.05) is 32.1 Å². The maximum absolute atomic E-state index is 12.4. The normalized spacial score (nSPS) is 20.7. The van der Waals surface area contributed by atoms with Gasteiger partial charge in [-0.15, -0.1) is 0 Å². The maximum atomic E-state index is 12.4. The highest BCUT2D eigenvalue weighted by atomic mass is 16.6. The number of guanidine groups is 1. The molecule has 1 fully saturated rings. The van der Waals surface area contributed by atoms with Crippen LogP contribution in [0.15, 0.2) is 17.1 Å². The van der Waals surface area contributed by atoms with Crippen molar-refractivity contribution in [2.75, 3.05) is 19.6 Å². The molecule has 2 heterocycles. The summed E-state index contributed by atoms with van der Waals surface area (Å²) in [6.45, 7) is 3.89. The van der Waals surface area contributed by atoms with Crippen molar-refractivity contribution in [2.45, 2.75) is 26.0 Å². The molecular formula is C15H19N3O4. The Kier molecular flexibility index (Phi) is 3.79. The first-order chi connectivity index (χ1) is 10.6. The largest absolute Gasteiger partial charge is 0.508 e. The first kappa shape index (κ1) is 14.5. The molecule has 0 bridgehead atoms. The Morgan fingerprint density at radius 3 is 3.05 bits per heavy atom. The maximum Gasteiger partial charge on any atom is 0.344 e. The average Bonchev–Trinajstić information content (AvgIpc) is 2.46. The summed E-state index contributed by atoms with van der Waals surface area (Å²) >= 11 is 0. The predicted molar refractivity (Wildman–Crippen MR) is 80.0 cm³/mol. The minimum absolute atomic E-state index is 0.0844. The van der Waals surface area contributed by atoms with E-state index < -0.39 is 5.97 Å². The molecule has 7 nitrogen and oxygen atoms in total. The zero-order valence-corrected chi connectivity index (χ0v) is 12.4. The number of rotatable bonds is 2. The Hall–Kier alpha value is -2.44. The fraction of sp³-hybridized carbons (Fsp3) is 0.467. The average molecular weight is 305 g/mol. The van der Waals surface area contributed by atoms with Gasteiger partial charge in [-0.05, 0) is 25.0 Å². The lowest BCUT2D eigenvalue weighted by Gasteiger charge is -2.39. The van der Waals surface area contributed by atoms with E-state index >= 15 is 0 Å². The lowest BCUT2D eigenvalue weighted by molar-refractivity contribution is -0.0188. The molecule has 0 aliphatic carbocycles. The summed E-state index contributed by atoms with van der Waals surface area (Å²) in [5.74, 6) is -0.184. The minimum Gasteiger partial charge on any atom is -0.508 e. The molecule has 1 saturated heterocycles. The second-order valence-corrected chi connectivity index (χ2v) is 5.48. The zero-order chi connectivity index (χ0) is 15.7. The van der Waals surface area contributed by atoms with Crippen LogP contribution in [-0.2, 0) is 4.74 Å². The number of nitrogens with zero attached hydrogens (tertiary/aromatic N) is 2. The molecule has 0 spiro atoms. The Labute approximate surface area is 128 Å². The first-order valence-electron chi connectivity index (χ1n) is 7.35. The summed E-state index contributed by atoms with van der Waals surface area (Å²) in [5.41, 5.74) is 0.566. The van der Waals surface area contributed by atoms with E-state index in [0.717, 1.165) is 31.5 Å². The van der Waals surface area contributed by atoms with Crippen molar-refractivity contribution in [3.63, 3.8) is 0 Å². The lowest BCUT2D eigenvalue weighted by Crippen LogP contribution is -2.56. The summed E-state index contributed by atoms with van der Waals surface area (Å²) in [4.78, 5) is 18.7. The molecule has 0 radical (unpaired) electrons. The number of ether oxygens (including phenoxy) is 1. The molecule has 0 amide bonds. The number of fused-ring (bicyclic) bond motifs is 1. The summed E-state index contributed by atoms with van der Waals surface area (Å²) in [5, 5.41) is 22.5. The third-order valence-electron chi connectivity index (χ3n) is 3.86. The van der Waals surface area contributed by atoms with E-state index in [1.807, 2.05) is 4.90 Å². The lowest BCUT2D eigenvalue weighted by atomic mass is 10.1. The first-order valence-corrected chi connectivity index (χ1v) is 7.35. The van der Waals surface area contributed by atoms with Gasteiger partial charge in [-0.3, -0.25) is 4.99 Å². The Bertz CT molecular complexity index is 606. The van der Waals surface area contributed by atoms with Crippen LogP contribution in [0.1, 0.15) is 28.8 Å². The SMILES string of the molecule is Cc1cc(O)cc(O)c1C(=O)OC1CCNC2=NCCCN21. The number of nitrogens with one attached hydrogen (secondary N) is 1. The van der Waals surface area contributed by atoms with Crippen LogP contribution in [0.25, 0.3) is 0 Å². The van der Waals surface area contributed by atoms with E-state index in [9.17, 15) is 15.0 Å². The fourth-order valence-corrected chi connectivity index (χ4v) is 2.84. The second-order valence-electron chi connectivity index (χ2n) is 5.48. The number of aliphatic imine (C=N–C) groups is 1. The number of phenolic OH excluding ortho intramolecular Hbond substituents is 2. The van der Waals surface area contributed by atoms with Gasteiger partial charge in [-0.25, -0.2) is 4.79 Å². The van der Waals surface area contributed by atoms with E-state index in [-0.39, 0.29) is 23.3 Å². The van der Waals surface area contributed by atoms with Gasteiger partial charge in [0.05, 0.1) is 0 Å². The molecule has 0 saturated carbocycles. The number of hydrogen-bond acceptors (Lipinski definition) is 7. The van der Waals surface area contributed by atoms with E-state index in [0.29, 0.717) is 18.5 Å². The third-order valence-corrected chi connectivity index (χ3v) is 3.86. The molecule has 7 heteroatoms. The Morgan fingerprint density at radius 2 is 2.27 bits per heavy atom. The van der Waals surface area contributed by atoms with Crippen molar-refractivity contribution in [1.82, 2.24) is 10.2 Å². The molecule has 1 aromatic carbocycles. The quantitative estimate of drug-likeness (QED) is 0.704. The minimum atomic E-state index is -0.591. The molecular weight excluding hydrogens is 286 g/mol. The molecule has 118 valence electrons. The predicted octanol–water partition coefficient (Wildman–Crippen LogP) is 0.944. The Morgan fingerprint density at radius 1 is 1.45 bits per heavy atom. The van der Waals surface area contributed by atoms with Crippen LogP contribution in [0.3, 0.4) is 0 Å². The van der Waals surface area contributed by atoms with Crippen molar-refractivity contribution in [3.8, 4) is 11.5 Å². The topological polar surface area (TPSA) is 94.4 Å². The van der Waals surface area contributed by atoms with Crippen molar-refractivity contribution < 1.29 is 19.7 Å². The van der Waals surface area contributed by atoms with Crippen LogP contribution >= 0.6 is 0 Å². The number of esters is 1.